The number of nitrogens with zero attached hydrogens (tertiary/aromatic N) is 2. The summed E-state index contributed by atoms with van der Waals surface area (Å²) in [6.45, 7) is 2.63. The molecule has 11 heteroatoms. The topological polar surface area (TPSA) is 78.3 Å². The van der Waals surface area contributed by atoms with Gasteiger partial charge in [0.2, 0.25) is 0 Å². The summed E-state index contributed by atoms with van der Waals surface area (Å²) in [6, 6.07) is 8.27. The first-order valence-corrected chi connectivity index (χ1v) is 11.2. The highest BCUT2D eigenvalue weighted by Gasteiger charge is 2.42. The molecule has 1 aromatic heterocycles. The highest BCUT2D eigenvalue weighted by Crippen LogP contribution is 2.43. The van der Waals surface area contributed by atoms with E-state index in [0.717, 1.165) is 37.4 Å². The Kier molecular flexibility index (Phi) is 6.14. The molecule has 0 aliphatic heterocycles. The molecule has 0 bridgehead atoms. The molecule has 0 unspecified atom stereocenters. The molecule has 32 heavy (non-hydrogen) atoms. The van der Waals surface area contributed by atoms with Gasteiger partial charge in [-0.05, 0) is 41.8 Å². The van der Waals surface area contributed by atoms with Crippen LogP contribution in [0.4, 0.5) is 17.6 Å². The second-order valence-electron chi connectivity index (χ2n) is 6.98. The fourth-order valence-electron chi connectivity index (χ4n) is 3.24. The quantitative estimate of drug-likeness (QED) is 0.519. The summed E-state index contributed by atoms with van der Waals surface area (Å²) in [4.78, 5) is 16.2. The Morgan fingerprint density at radius 2 is 1.75 bits per heavy atom. The summed E-state index contributed by atoms with van der Waals surface area (Å²) in [7, 11) is -3.56. The average Bonchev–Trinajstić information content (AvgIpc) is 3.05. The molecule has 0 radical (unpaired) electrons. The number of alkyl halides is 3. The third-order valence-electron chi connectivity index (χ3n) is 4.61. The highest BCUT2D eigenvalue weighted by molar-refractivity contribution is 7.90. The molecule has 0 aliphatic carbocycles. The van der Waals surface area contributed by atoms with Crippen LogP contribution in [-0.2, 0) is 27.2 Å². The van der Waals surface area contributed by atoms with E-state index in [1.54, 1.807) is 6.92 Å². The monoisotopic (exact) mass is 470 g/mol. The second kappa shape index (κ2) is 8.38. The van der Waals surface area contributed by atoms with Gasteiger partial charge >= 0.3 is 12.1 Å². The SMILES string of the molecule is CCc1cc(S(C)(=O)=O)ccc1-c1nn(OC(C)=O)c(C(F)(F)F)c1-c1ccc(F)cc1. The van der Waals surface area contributed by atoms with E-state index in [-0.39, 0.29) is 33.0 Å². The van der Waals surface area contributed by atoms with E-state index in [1.165, 1.54) is 18.2 Å². The van der Waals surface area contributed by atoms with E-state index in [9.17, 15) is 30.8 Å². The zero-order chi connectivity index (χ0) is 23.8. The van der Waals surface area contributed by atoms with Crippen LogP contribution in [0.3, 0.4) is 0 Å². The molecule has 0 saturated carbocycles. The van der Waals surface area contributed by atoms with Crippen LogP contribution in [0.1, 0.15) is 25.1 Å². The first-order chi connectivity index (χ1) is 14.8. The molecule has 6 nitrogen and oxygen atoms in total. The average molecular weight is 470 g/mol. The number of carbonyl (C=O) groups excluding carboxylic acids is 1. The standard InChI is InChI=1S/C21H18F4N2O4S/c1-4-13-11-16(32(3,29)30)9-10-17(13)19-18(14-5-7-15(22)8-6-14)20(21(23,24)25)27(26-19)31-12(2)28/h5-11H,4H2,1-3H3. The minimum absolute atomic E-state index is 0.00287. The van der Waals surface area contributed by atoms with Crippen LogP contribution in [0.15, 0.2) is 47.4 Å². The van der Waals surface area contributed by atoms with Crippen molar-refractivity contribution in [3.63, 3.8) is 0 Å². The van der Waals surface area contributed by atoms with Gasteiger partial charge in [-0.1, -0.05) is 30.0 Å². The number of halogens is 4. The lowest BCUT2D eigenvalue weighted by Crippen LogP contribution is -2.24. The van der Waals surface area contributed by atoms with E-state index in [1.807, 2.05) is 0 Å². The Bertz CT molecular complexity index is 1280. The molecular formula is C21H18F4N2O4S. The maximum absolute atomic E-state index is 14.1. The molecule has 0 spiro atoms. The Balaban J connectivity index is 2.41. The van der Waals surface area contributed by atoms with E-state index in [0.29, 0.717) is 5.56 Å². The summed E-state index contributed by atoms with van der Waals surface area (Å²) in [5.74, 6) is -1.68. The molecule has 3 rings (SSSR count). The molecule has 0 fully saturated rings. The number of sulfone groups is 1. The van der Waals surface area contributed by atoms with Crippen molar-refractivity contribution in [1.29, 1.82) is 0 Å². The van der Waals surface area contributed by atoms with E-state index in [2.05, 4.69) is 9.94 Å². The van der Waals surface area contributed by atoms with E-state index in [4.69, 9.17) is 0 Å². The lowest BCUT2D eigenvalue weighted by molar-refractivity contribution is -0.161. The second-order valence-corrected chi connectivity index (χ2v) is 8.99. The summed E-state index contributed by atoms with van der Waals surface area (Å²) >= 11 is 0. The number of rotatable bonds is 5. The third kappa shape index (κ3) is 4.67. The molecule has 0 amide bonds. The molecule has 0 N–H and O–H groups in total. The Hall–Kier alpha value is -3.21. The van der Waals surface area contributed by atoms with Crippen LogP contribution in [0.5, 0.6) is 0 Å². The third-order valence-corrected chi connectivity index (χ3v) is 5.72. The van der Waals surface area contributed by atoms with Crippen LogP contribution >= 0.6 is 0 Å². The number of carbonyl (C=O) groups is 1. The predicted molar refractivity (Wildman–Crippen MR) is 108 cm³/mol. The molecule has 3 aromatic rings. The van der Waals surface area contributed by atoms with Gasteiger partial charge in [0.25, 0.3) is 0 Å². The predicted octanol–water partition coefficient (Wildman–Crippen LogP) is 4.32. The van der Waals surface area contributed by atoms with Gasteiger partial charge in [-0.25, -0.2) is 17.6 Å². The maximum Gasteiger partial charge on any atom is 0.437 e. The normalized spacial score (nSPS) is 12.1. The van der Waals surface area contributed by atoms with Gasteiger partial charge in [0.1, 0.15) is 11.5 Å². The number of benzene rings is 2. The van der Waals surface area contributed by atoms with Crippen LogP contribution in [0, 0.1) is 5.82 Å². The fraction of sp³-hybridized carbons (Fsp3) is 0.238. The van der Waals surface area contributed by atoms with Crippen molar-refractivity contribution in [3.05, 3.63) is 59.5 Å². The van der Waals surface area contributed by atoms with E-state index < -0.39 is 39.1 Å². The molecular weight excluding hydrogens is 452 g/mol. The van der Waals surface area contributed by atoms with Crippen molar-refractivity contribution in [2.45, 2.75) is 31.3 Å². The van der Waals surface area contributed by atoms with Crippen LogP contribution in [0.25, 0.3) is 22.4 Å². The highest BCUT2D eigenvalue weighted by atomic mass is 32.2. The van der Waals surface area contributed by atoms with Crippen molar-refractivity contribution >= 4 is 15.8 Å². The molecule has 170 valence electrons. The minimum atomic E-state index is -4.98. The largest absolute Gasteiger partial charge is 0.437 e. The van der Waals surface area contributed by atoms with Crippen molar-refractivity contribution in [1.82, 2.24) is 9.94 Å². The summed E-state index contributed by atoms with van der Waals surface area (Å²) in [5.41, 5.74) is -1.36. The van der Waals surface area contributed by atoms with Crippen LogP contribution < -0.4 is 4.84 Å². The number of hydrogen-bond acceptors (Lipinski definition) is 5. The van der Waals surface area contributed by atoms with Gasteiger partial charge < -0.3 is 4.84 Å². The lowest BCUT2D eigenvalue weighted by atomic mass is 9.95. The van der Waals surface area contributed by atoms with E-state index >= 15 is 0 Å². The first kappa shape index (κ1) is 23.5. The Morgan fingerprint density at radius 3 is 2.25 bits per heavy atom. The fourth-order valence-corrected chi connectivity index (χ4v) is 3.91. The van der Waals surface area contributed by atoms with Crippen molar-refractivity contribution < 1.29 is 35.6 Å². The van der Waals surface area contributed by atoms with Gasteiger partial charge in [0.15, 0.2) is 15.5 Å². The Morgan fingerprint density at radius 1 is 1.12 bits per heavy atom. The van der Waals surface area contributed by atoms with Gasteiger partial charge in [-0.2, -0.15) is 13.2 Å². The number of aromatic nitrogens is 2. The maximum atomic E-state index is 14.1. The van der Waals surface area contributed by atoms with Gasteiger partial charge in [-0.3, -0.25) is 0 Å². The molecule has 0 aliphatic rings. The van der Waals surface area contributed by atoms with Crippen molar-refractivity contribution in [2.24, 2.45) is 0 Å². The lowest BCUT2D eigenvalue weighted by Gasteiger charge is -2.13. The van der Waals surface area contributed by atoms with Crippen molar-refractivity contribution in [2.75, 3.05) is 6.26 Å². The van der Waals surface area contributed by atoms with Gasteiger partial charge in [-0.15, -0.1) is 5.10 Å². The Labute approximate surface area is 181 Å². The molecule has 2 aromatic carbocycles. The smallest absolute Gasteiger partial charge is 0.319 e. The van der Waals surface area contributed by atoms with Gasteiger partial charge in [0.05, 0.1) is 4.90 Å². The molecule has 0 atom stereocenters. The molecule has 1 heterocycles. The number of aryl methyl sites for hydroxylation is 1. The van der Waals surface area contributed by atoms with Crippen molar-refractivity contribution in [3.8, 4) is 22.4 Å². The zero-order valence-electron chi connectivity index (χ0n) is 17.2. The first-order valence-electron chi connectivity index (χ1n) is 9.31. The van der Waals surface area contributed by atoms with Gasteiger partial charge in [0, 0.05) is 24.3 Å². The summed E-state index contributed by atoms with van der Waals surface area (Å²) in [5, 5.41) is 3.90. The summed E-state index contributed by atoms with van der Waals surface area (Å²) in [6.07, 6.45) is -3.69. The van der Waals surface area contributed by atoms with Crippen LogP contribution in [-0.4, -0.2) is 30.6 Å². The molecule has 0 saturated heterocycles. The summed E-state index contributed by atoms with van der Waals surface area (Å²) < 4.78 is 79.4. The van der Waals surface area contributed by atoms with Crippen LogP contribution in [0.2, 0.25) is 0 Å². The minimum Gasteiger partial charge on any atom is -0.319 e. The number of hydrogen-bond donors (Lipinski definition) is 0. The zero-order valence-corrected chi connectivity index (χ0v) is 18.0.